The van der Waals surface area contributed by atoms with Gasteiger partial charge in [0.25, 0.3) is 0 Å². The summed E-state index contributed by atoms with van der Waals surface area (Å²) in [4.78, 5) is 11.6. The monoisotopic (exact) mass is 180 g/mol. The maximum atomic E-state index is 11.6. The van der Waals surface area contributed by atoms with Crippen molar-refractivity contribution < 1.29 is 4.79 Å². The summed E-state index contributed by atoms with van der Waals surface area (Å²) >= 11 is 0. The molecule has 1 aromatic carbocycles. The number of Topliss-reactive ketones (excluding diaryl/α,β-unsaturated/α-hetero) is 1. The van der Waals surface area contributed by atoms with Gasteiger partial charge in [-0.05, 0) is 0 Å². The summed E-state index contributed by atoms with van der Waals surface area (Å²) in [6.45, 7) is 0. The van der Waals surface area contributed by atoms with Crippen LogP contribution in [0.25, 0.3) is 5.57 Å². The highest BCUT2D eigenvalue weighted by atomic mass is 16.1. The maximum absolute atomic E-state index is 11.6. The van der Waals surface area contributed by atoms with E-state index < -0.39 is 0 Å². The topological polar surface area (TPSA) is 64.7 Å². The summed E-state index contributed by atoms with van der Waals surface area (Å²) in [6.07, 6.45) is 0. The number of ketones is 1. The van der Waals surface area contributed by atoms with E-state index in [0.29, 0.717) is 11.1 Å². The summed E-state index contributed by atoms with van der Waals surface area (Å²) in [7, 11) is 0. The van der Waals surface area contributed by atoms with E-state index in [2.05, 4.69) is 0 Å². The van der Waals surface area contributed by atoms with Gasteiger partial charge in [0.1, 0.15) is 17.7 Å². The summed E-state index contributed by atoms with van der Waals surface area (Å²) < 4.78 is 0. The van der Waals surface area contributed by atoms with E-state index in [0.717, 1.165) is 0 Å². The molecule has 64 valence electrons. The average Bonchev–Trinajstić information content (AvgIpc) is 2.51. The Morgan fingerprint density at radius 2 is 1.50 bits per heavy atom. The van der Waals surface area contributed by atoms with Crippen molar-refractivity contribution in [2.75, 3.05) is 0 Å². The quantitative estimate of drug-likeness (QED) is 0.610. The molecular formula is C11H4N2O. The molecule has 0 amide bonds. The molecule has 2 rings (SSSR count). The molecule has 0 spiro atoms. The molecule has 0 saturated heterocycles. The van der Waals surface area contributed by atoms with Crippen LogP contribution in [0.2, 0.25) is 0 Å². The zero-order valence-corrected chi connectivity index (χ0v) is 7.11. The molecule has 3 heteroatoms. The Bertz CT molecular complexity index is 541. The highest BCUT2D eigenvalue weighted by molar-refractivity contribution is 6.24. The molecule has 0 atom stereocenters. The molecule has 0 N–H and O–H groups in total. The van der Waals surface area contributed by atoms with Crippen LogP contribution in [-0.4, -0.2) is 5.78 Å². The maximum Gasteiger partial charge on any atom is 0.205 e. The molecule has 0 unspecified atom stereocenters. The Balaban J connectivity index is 2.79. The number of allylic oxidation sites excluding steroid dienone is 2. The fraction of sp³-hybridized carbons (Fsp3) is 0. The normalized spacial score (nSPS) is 13.4. The molecule has 0 aromatic heterocycles. The van der Waals surface area contributed by atoms with E-state index in [1.165, 1.54) is 0 Å². The minimum Gasteiger partial charge on any atom is -0.288 e. The van der Waals surface area contributed by atoms with E-state index in [1.807, 2.05) is 6.07 Å². The molecule has 3 nitrogen and oxygen atoms in total. The SMILES string of the molecule is N#CC1=C(C#N)c2ccccc2C1=O. The van der Waals surface area contributed by atoms with Gasteiger partial charge in [-0.25, -0.2) is 0 Å². The third-order valence-corrected chi connectivity index (χ3v) is 2.14. The minimum atomic E-state index is -0.348. The Hall–Kier alpha value is -2.39. The minimum absolute atomic E-state index is 0.0475. The van der Waals surface area contributed by atoms with Gasteiger partial charge in [0, 0.05) is 11.1 Å². The molecule has 14 heavy (non-hydrogen) atoms. The van der Waals surface area contributed by atoms with Crippen molar-refractivity contribution in [1.29, 1.82) is 10.5 Å². The molecule has 0 bridgehead atoms. The van der Waals surface area contributed by atoms with Crippen LogP contribution in [0.1, 0.15) is 15.9 Å². The zero-order valence-electron chi connectivity index (χ0n) is 7.11. The Labute approximate surface area is 80.5 Å². The van der Waals surface area contributed by atoms with E-state index in [9.17, 15) is 4.79 Å². The van der Waals surface area contributed by atoms with E-state index in [-0.39, 0.29) is 16.9 Å². The molecule has 1 aliphatic rings. The number of carbonyl (C=O) groups excluding carboxylic acids is 1. The second kappa shape index (κ2) is 2.83. The number of fused-ring (bicyclic) bond motifs is 1. The summed E-state index contributed by atoms with van der Waals surface area (Å²) in [5.41, 5.74) is 1.15. The number of hydrogen-bond donors (Lipinski definition) is 0. The van der Waals surface area contributed by atoms with Gasteiger partial charge in [-0.2, -0.15) is 10.5 Å². The summed E-state index contributed by atoms with van der Waals surface area (Å²) in [5.74, 6) is -0.348. The van der Waals surface area contributed by atoms with Gasteiger partial charge in [-0.1, -0.05) is 24.3 Å². The van der Waals surface area contributed by atoms with Gasteiger partial charge in [-0.15, -0.1) is 0 Å². The van der Waals surface area contributed by atoms with Gasteiger partial charge in [-0.3, -0.25) is 4.79 Å². The fourth-order valence-electron chi connectivity index (χ4n) is 1.50. The van der Waals surface area contributed by atoms with Crippen molar-refractivity contribution in [3.05, 3.63) is 41.0 Å². The highest BCUT2D eigenvalue weighted by Crippen LogP contribution is 2.31. The van der Waals surface area contributed by atoms with E-state index in [4.69, 9.17) is 10.5 Å². The number of hydrogen-bond acceptors (Lipinski definition) is 3. The smallest absolute Gasteiger partial charge is 0.205 e. The average molecular weight is 180 g/mol. The molecule has 0 heterocycles. The van der Waals surface area contributed by atoms with Crippen molar-refractivity contribution in [3.63, 3.8) is 0 Å². The molecule has 0 radical (unpaired) electrons. The van der Waals surface area contributed by atoms with Crippen molar-refractivity contribution in [1.82, 2.24) is 0 Å². The lowest BCUT2D eigenvalue weighted by Gasteiger charge is -1.94. The first kappa shape index (κ1) is 8.22. The Kier molecular flexibility index (Phi) is 1.66. The largest absolute Gasteiger partial charge is 0.288 e. The first-order valence-electron chi connectivity index (χ1n) is 3.98. The zero-order chi connectivity index (χ0) is 10.1. The molecule has 0 fully saturated rings. The number of benzene rings is 1. The molecule has 0 aliphatic heterocycles. The molecule has 0 saturated carbocycles. The third kappa shape index (κ3) is 0.870. The highest BCUT2D eigenvalue weighted by Gasteiger charge is 2.28. The number of rotatable bonds is 0. The molecule has 1 aromatic rings. The predicted octanol–water partition coefficient (Wildman–Crippen LogP) is 1.68. The lowest BCUT2D eigenvalue weighted by molar-refractivity contribution is 0.104. The fourth-order valence-corrected chi connectivity index (χ4v) is 1.50. The van der Waals surface area contributed by atoms with Crippen LogP contribution in [0.4, 0.5) is 0 Å². The second-order valence-corrected chi connectivity index (χ2v) is 2.85. The van der Waals surface area contributed by atoms with Crippen LogP contribution in [0, 0.1) is 22.7 Å². The first-order chi connectivity index (χ1) is 6.79. The second-order valence-electron chi connectivity index (χ2n) is 2.85. The van der Waals surface area contributed by atoms with Gasteiger partial charge in [0.15, 0.2) is 0 Å². The number of carbonyl (C=O) groups is 1. The number of nitriles is 2. The Morgan fingerprint density at radius 3 is 2.07 bits per heavy atom. The van der Waals surface area contributed by atoms with Crippen LogP contribution in [0.3, 0.4) is 0 Å². The summed E-state index contributed by atoms with van der Waals surface area (Å²) in [5, 5.41) is 17.6. The number of nitrogens with zero attached hydrogens (tertiary/aromatic N) is 2. The van der Waals surface area contributed by atoms with Crippen LogP contribution >= 0.6 is 0 Å². The van der Waals surface area contributed by atoms with Crippen molar-refractivity contribution in [3.8, 4) is 12.1 Å². The first-order valence-corrected chi connectivity index (χ1v) is 3.98. The lowest BCUT2D eigenvalue weighted by Crippen LogP contribution is -1.95. The molecular weight excluding hydrogens is 176 g/mol. The lowest BCUT2D eigenvalue weighted by atomic mass is 10.1. The van der Waals surface area contributed by atoms with E-state index >= 15 is 0 Å². The van der Waals surface area contributed by atoms with Crippen LogP contribution in [-0.2, 0) is 0 Å². The van der Waals surface area contributed by atoms with Crippen LogP contribution in [0.5, 0.6) is 0 Å². The standard InChI is InChI=1S/C11H4N2O/c12-5-9-7-3-1-2-4-8(7)11(14)10(9)6-13/h1-4H. The van der Waals surface area contributed by atoms with Crippen LogP contribution < -0.4 is 0 Å². The van der Waals surface area contributed by atoms with Crippen molar-refractivity contribution in [2.45, 2.75) is 0 Å². The summed E-state index contributed by atoms with van der Waals surface area (Å²) in [6, 6.07) is 10.4. The molecule has 1 aliphatic carbocycles. The van der Waals surface area contributed by atoms with E-state index in [1.54, 1.807) is 30.3 Å². The van der Waals surface area contributed by atoms with Gasteiger partial charge in [0.2, 0.25) is 5.78 Å². The van der Waals surface area contributed by atoms with Gasteiger partial charge < -0.3 is 0 Å². The third-order valence-electron chi connectivity index (χ3n) is 2.14. The van der Waals surface area contributed by atoms with Gasteiger partial charge >= 0.3 is 0 Å². The van der Waals surface area contributed by atoms with Crippen molar-refractivity contribution >= 4 is 11.4 Å². The van der Waals surface area contributed by atoms with Gasteiger partial charge in [0.05, 0.1) is 5.57 Å². The van der Waals surface area contributed by atoms with Crippen LogP contribution in [0.15, 0.2) is 29.8 Å². The Morgan fingerprint density at radius 1 is 0.929 bits per heavy atom. The predicted molar refractivity (Wildman–Crippen MR) is 48.9 cm³/mol. The van der Waals surface area contributed by atoms with Crippen molar-refractivity contribution in [2.24, 2.45) is 0 Å².